The van der Waals surface area contributed by atoms with E-state index in [1.165, 1.54) is 43.6 Å². The average molecular weight is 220 g/mol. The molecule has 0 rings (SSSR count). The molecule has 0 radical (unpaired) electrons. The average Bonchev–Trinajstić information content (AvgIpc) is 2.17. The Labute approximate surface area is 92.6 Å². The topological polar surface area (TPSA) is 0 Å². The third-order valence-corrected chi connectivity index (χ3v) is 4.53. The summed E-state index contributed by atoms with van der Waals surface area (Å²) in [6.07, 6.45) is 9.29. The second-order valence-electron chi connectivity index (χ2n) is 3.31. The lowest BCUT2D eigenvalue weighted by molar-refractivity contribution is 0.639. The predicted octanol–water partition coefficient (Wildman–Crippen LogP) is 4.44. The summed E-state index contributed by atoms with van der Waals surface area (Å²) < 4.78 is 0. The van der Waals surface area contributed by atoms with E-state index in [4.69, 9.17) is 0 Å². The van der Waals surface area contributed by atoms with Gasteiger partial charge in [-0.3, -0.25) is 0 Å². The summed E-state index contributed by atoms with van der Waals surface area (Å²) in [6.45, 7) is 4.54. The van der Waals surface area contributed by atoms with E-state index in [9.17, 15) is 0 Å². The first-order valence-electron chi connectivity index (χ1n) is 5.45. The van der Waals surface area contributed by atoms with Gasteiger partial charge in [-0.2, -0.15) is 23.5 Å². The molecule has 13 heavy (non-hydrogen) atoms. The summed E-state index contributed by atoms with van der Waals surface area (Å²) in [4.78, 5) is 0. The van der Waals surface area contributed by atoms with Gasteiger partial charge in [0.05, 0.1) is 0 Å². The minimum Gasteiger partial charge on any atom is -0.162 e. The Morgan fingerprint density at radius 2 is 1.85 bits per heavy atom. The largest absolute Gasteiger partial charge is 0.162 e. The summed E-state index contributed by atoms with van der Waals surface area (Å²) in [5, 5.41) is 0.916. The Hall–Kier alpha value is 0.700. The molecule has 2 heteroatoms. The number of rotatable bonds is 9. The molecule has 0 N–H and O–H groups in total. The molecule has 80 valence electrons. The van der Waals surface area contributed by atoms with Crippen molar-refractivity contribution < 1.29 is 0 Å². The van der Waals surface area contributed by atoms with Crippen molar-refractivity contribution in [2.75, 3.05) is 17.8 Å². The molecule has 0 saturated carbocycles. The molecule has 0 aromatic carbocycles. The molecule has 0 aliphatic carbocycles. The number of hydrogen-bond acceptors (Lipinski definition) is 2. The van der Waals surface area contributed by atoms with Crippen molar-refractivity contribution in [3.63, 3.8) is 0 Å². The highest BCUT2D eigenvalue weighted by Crippen LogP contribution is 2.18. The van der Waals surface area contributed by atoms with Crippen molar-refractivity contribution in [2.45, 2.75) is 51.2 Å². The van der Waals surface area contributed by atoms with Gasteiger partial charge in [0.25, 0.3) is 0 Å². The molecule has 0 aromatic heterocycles. The van der Waals surface area contributed by atoms with Crippen LogP contribution in [0.1, 0.15) is 46.0 Å². The molecule has 0 heterocycles. The molecule has 0 aromatic rings. The number of thioether (sulfide) groups is 2. The van der Waals surface area contributed by atoms with Gasteiger partial charge in [-0.1, -0.05) is 26.7 Å². The standard InChI is InChI=1S/C11H24S2/c1-4-11(12-3)9-7-6-8-10-13-5-2/h11H,4-10H2,1-3H3. The fourth-order valence-corrected chi connectivity index (χ4v) is 2.82. The van der Waals surface area contributed by atoms with Gasteiger partial charge in [-0.25, -0.2) is 0 Å². The fraction of sp³-hybridized carbons (Fsp3) is 1.00. The summed E-state index contributed by atoms with van der Waals surface area (Å²) in [7, 11) is 0. The first-order chi connectivity index (χ1) is 6.35. The highest BCUT2D eigenvalue weighted by Gasteiger charge is 2.02. The zero-order valence-corrected chi connectivity index (χ0v) is 11.0. The Morgan fingerprint density at radius 1 is 1.08 bits per heavy atom. The monoisotopic (exact) mass is 220 g/mol. The van der Waals surface area contributed by atoms with Gasteiger partial charge in [0.2, 0.25) is 0 Å². The summed E-state index contributed by atoms with van der Waals surface area (Å²) in [5.41, 5.74) is 0. The maximum Gasteiger partial charge on any atom is 0.00416 e. The first-order valence-corrected chi connectivity index (χ1v) is 7.89. The lowest BCUT2D eigenvalue weighted by atomic mass is 10.1. The van der Waals surface area contributed by atoms with Gasteiger partial charge in [0.1, 0.15) is 0 Å². The number of hydrogen-bond donors (Lipinski definition) is 0. The molecule has 0 bridgehead atoms. The van der Waals surface area contributed by atoms with Crippen molar-refractivity contribution in [1.29, 1.82) is 0 Å². The van der Waals surface area contributed by atoms with Gasteiger partial charge < -0.3 is 0 Å². The van der Waals surface area contributed by atoms with Crippen molar-refractivity contribution in [3.05, 3.63) is 0 Å². The van der Waals surface area contributed by atoms with E-state index < -0.39 is 0 Å². The second kappa shape index (κ2) is 10.8. The number of unbranched alkanes of at least 4 members (excludes halogenated alkanes) is 2. The summed E-state index contributed by atoms with van der Waals surface area (Å²) in [6, 6.07) is 0. The van der Waals surface area contributed by atoms with Crippen molar-refractivity contribution >= 4 is 23.5 Å². The van der Waals surface area contributed by atoms with Crippen LogP contribution in [0.2, 0.25) is 0 Å². The van der Waals surface area contributed by atoms with Crippen LogP contribution in [0.15, 0.2) is 0 Å². The maximum atomic E-state index is 2.30. The Bertz CT molecular complexity index is 90.1. The van der Waals surface area contributed by atoms with E-state index in [0.29, 0.717) is 0 Å². The minimum atomic E-state index is 0.916. The van der Waals surface area contributed by atoms with Crippen LogP contribution in [-0.2, 0) is 0 Å². The van der Waals surface area contributed by atoms with E-state index in [-0.39, 0.29) is 0 Å². The zero-order chi connectivity index (χ0) is 9.94. The quantitative estimate of drug-likeness (QED) is 0.527. The maximum absolute atomic E-state index is 2.30. The highest BCUT2D eigenvalue weighted by molar-refractivity contribution is 7.99. The first kappa shape index (κ1) is 13.7. The van der Waals surface area contributed by atoms with Gasteiger partial charge in [0, 0.05) is 5.25 Å². The fourth-order valence-electron chi connectivity index (χ4n) is 1.39. The van der Waals surface area contributed by atoms with E-state index in [2.05, 4.69) is 31.9 Å². The van der Waals surface area contributed by atoms with E-state index >= 15 is 0 Å². The molecule has 0 aliphatic rings. The Morgan fingerprint density at radius 3 is 2.38 bits per heavy atom. The van der Waals surface area contributed by atoms with Gasteiger partial charge in [-0.05, 0) is 37.0 Å². The Balaban J connectivity index is 3.05. The van der Waals surface area contributed by atoms with Crippen LogP contribution < -0.4 is 0 Å². The van der Waals surface area contributed by atoms with E-state index in [1.54, 1.807) is 0 Å². The van der Waals surface area contributed by atoms with Gasteiger partial charge >= 0.3 is 0 Å². The zero-order valence-electron chi connectivity index (χ0n) is 9.34. The van der Waals surface area contributed by atoms with Crippen LogP contribution in [0.5, 0.6) is 0 Å². The van der Waals surface area contributed by atoms with Crippen LogP contribution in [0.4, 0.5) is 0 Å². The van der Waals surface area contributed by atoms with Crippen molar-refractivity contribution in [1.82, 2.24) is 0 Å². The molecule has 0 fully saturated rings. The lowest BCUT2D eigenvalue weighted by Gasteiger charge is -2.10. The second-order valence-corrected chi connectivity index (χ2v) is 5.84. The van der Waals surface area contributed by atoms with Crippen molar-refractivity contribution in [2.24, 2.45) is 0 Å². The Kier molecular flexibility index (Phi) is 11.4. The lowest BCUT2D eigenvalue weighted by Crippen LogP contribution is -1.99. The molecule has 1 unspecified atom stereocenters. The molecule has 0 nitrogen and oxygen atoms in total. The molecule has 1 atom stereocenters. The van der Waals surface area contributed by atoms with Crippen molar-refractivity contribution in [3.8, 4) is 0 Å². The summed E-state index contributed by atoms with van der Waals surface area (Å²) in [5.74, 6) is 2.65. The molecule has 0 aliphatic heterocycles. The van der Waals surface area contributed by atoms with Gasteiger partial charge in [0.15, 0.2) is 0 Å². The molecule has 0 amide bonds. The SMILES string of the molecule is CCSCCCCCC(CC)SC. The predicted molar refractivity (Wildman–Crippen MR) is 69.1 cm³/mol. The van der Waals surface area contributed by atoms with Crippen LogP contribution >= 0.6 is 23.5 Å². The molecule has 0 saturated heterocycles. The summed E-state index contributed by atoms with van der Waals surface area (Å²) >= 11 is 4.11. The van der Waals surface area contributed by atoms with E-state index in [0.717, 1.165) is 5.25 Å². The molecule has 0 spiro atoms. The van der Waals surface area contributed by atoms with Crippen LogP contribution in [0.25, 0.3) is 0 Å². The molecular formula is C11H24S2. The third kappa shape index (κ3) is 9.01. The normalized spacial score (nSPS) is 13.2. The highest BCUT2D eigenvalue weighted by atomic mass is 32.2. The minimum absolute atomic E-state index is 0.916. The van der Waals surface area contributed by atoms with Crippen LogP contribution in [0, 0.1) is 0 Å². The molecular weight excluding hydrogens is 196 g/mol. The smallest absolute Gasteiger partial charge is 0.00416 e. The third-order valence-electron chi connectivity index (χ3n) is 2.31. The van der Waals surface area contributed by atoms with Gasteiger partial charge in [-0.15, -0.1) is 0 Å². The van der Waals surface area contributed by atoms with Crippen LogP contribution in [-0.4, -0.2) is 23.0 Å². The van der Waals surface area contributed by atoms with E-state index in [1.807, 2.05) is 11.8 Å². The van der Waals surface area contributed by atoms with Crippen LogP contribution in [0.3, 0.4) is 0 Å².